The maximum absolute atomic E-state index is 10.3. The molecule has 0 radical (unpaired) electrons. The number of rotatable bonds is 4. The van der Waals surface area contributed by atoms with E-state index in [1.807, 2.05) is 11.9 Å². The van der Waals surface area contributed by atoms with Crippen molar-refractivity contribution in [2.75, 3.05) is 20.1 Å². The molecule has 0 aromatic rings. The fourth-order valence-electron chi connectivity index (χ4n) is 2.80. The van der Waals surface area contributed by atoms with Crippen molar-refractivity contribution in [2.45, 2.75) is 62.0 Å². The number of hydrogen-bond donors (Lipinski definition) is 3. The van der Waals surface area contributed by atoms with E-state index in [1.165, 1.54) is 19.3 Å². The van der Waals surface area contributed by atoms with Gasteiger partial charge in [0.25, 0.3) is 0 Å². The summed E-state index contributed by atoms with van der Waals surface area (Å²) in [6.45, 7) is 3.50. The first-order valence-corrected chi connectivity index (χ1v) is 8.68. The minimum Gasteiger partial charge on any atom is -0.388 e. The highest BCUT2D eigenvalue weighted by atomic mass is 32.2. The highest BCUT2D eigenvalue weighted by molar-refractivity contribution is 8.14. The third kappa shape index (κ3) is 3.07. The van der Waals surface area contributed by atoms with E-state index in [0.29, 0.717) is 12.6 Å². The van der Waals surface area contributed by atoms with E-state index in [0.717, 1.165) is 11.7 Å². The molecule has 0 unspecified atom stereocenters. The van der Waals surface area contributed by atoms with E-state index < -0.39 is 12.2 Å². The van der Waals surface area contributed by atoms with Crippen LogP contribution in [0.5, 0.6) is 0 Å². The molecule has 3 aliphatic rings. The SMILES string of the molecule is CCN(C)C1=N[C@@H]2[C@@H](O)[C@H](O)[C@@H](CNC3CCC3)O[C@@H]2S1. The van der Waals surface area contributed by atoms with E-state index in [4.69, 9.17) is 4.74 Å². The minimum atomic E-state index is -0.880. The lowest BCUT2D eigenvalue weighted by Gasteiger charge is -2.39. The molecule has 0 spiro atoms. The summed E-state index contributed by atoms with van der Waals surface area (Å²) in [6, 6.07) is 0.180. The van der Waals surface area contributed by atoms with Crippen molar-refractivity contribution < 1.29 is 14.9 Å². The van der Waals surface area contributed by atoms with Gasteiger partial charge in [-0.15, -0.1) is 0 Å². The van der Waals surface area contributed by atoms with Crippen LogP contribution in [0, 0.1) is 0 Å². The zero-order valence-electron chi connectivity index (χ0n) is 12.6. The van der Waals surface area contributed by atoms with Gasteiger partial charge in [0.05, 0.1) is 0 Å². The molecule has 0 aromatic carbocycles. The Morgan fingerprint density at radius 3 is 2.76 bits per heavy atom. The van der Waals surface area contributed by atoms with Gasteiger partial charge >= 0.3 is 0 Å². The molecule has 1 aliphatic carbocycles. The highest BCUT2D eigenvalue weighted by Gasteiger charge is 2.48. The van der Waals surface area contributed by atoms with Crippen LogP contribution in [-0.2, 0) is 4.74 Å². The number of ether oxygens (including phenoxy) is 1. The van der Waals surface area contributed by atoms with Crippen molar-refractivity contribution in [1.29, 1.82) is 0 Å². The van der Waals surface area contributed by atoms with Crippen molar-refractivity contribution in [2.24, 2.45) is 4.99 Å². The molecule has 120 valence electrons. The second kappa shape index (κ2) is 6.42. The molecule has 0 amide bonds. The minimum absolute atomic E-state index is 0.194. The highest BCUT2D eigenvalue weighted by Crippen LogP contribution is 2.37. The molecule has 5 atom stereocenters. The number of hydrogen-bond acceptors (Lipinski definition) is 7. The van der Waals surface area contributed by atoms with E-state index in [9.17, 15) is 10.2 Å². The van der Waals surface area contributed by atoms with Crippen LogP contribution in [0.1, 0.15) is 26.2 Å². The number of fused-ring (bicyclic) bond motifs is 1. The average Bonchev–Trinajstić information content (AvgIpc) is 2.85. The van der Waals surface area contributed by atoms with Gasteiger partial charge in [0.1, 0.15) is 29.8 Å². The third-order valence-electron chi connectivity index (χ3n) is 4.66. The van der Waals surface area contributed by atoms with Gasteiger partial charge in [-0.2, -0.15) is 0 Å². The number of thioether (sulfide) groups is 1. The number of aliphatic hydroxyl groups excluding tert-OH is 2. The van der Waals surface area contributed by atoms with E-state index >= 15 is 0 Å². The molecule has 2 heterocycles. The van der Waals surface area contributed by atoms with Crippen molar-refractivity contribution in [1.82, 2.24) is 10.2 Å². The summed E-state index contributed by atoms with van der Waals surface area (Å²) >= 11 is 1.55. The fourth-order valence-corrected chi connectivity index (χ4v) is 4.06. The molecule has 2 fully saturated rings. The van der Waals surface area contributed by atoms with E-state index in [2.05, 4.69) is 17.2 Å². The Balaban J connectivity index is 1.60. The summed E-state index contributed by atoms with van der Waals surface area (Å²) in [6.07, 6.45) is 1.56. The van der Waals surface area contributed by atoms with Crippen LogP contribution in [0.15, 0.2) is 4.99 Å². The molecule has 1 saturated heterocycles. The zero-order valence-corrected chi connectivity index (χ0v) is 13.4. The zero-order chi connectivity index (χ0) is 15.0. The van der Waals surface area contributed by atoms with Crippen LogP contribution in [-0.4, -0.2) is 76.2 Å². The maximum atomic E-state index is 10.3. The molecular formula is C14H25N3O3S. The fraction of sp³-hybridized carbons (Fsp3) is 0.929. The summed E-state index contributed by atoms with van der Waals surface area (Å²) in [5.74, 6) is 0. The second-order valence-electron chi connectivity index (χ2n) is 6.09. The predicted molar refractivity (Wildman–Crippen MR) is 83.4 cm³/mol. The summed E-state index contributed by atoms with van der Waals surface area (Å²) < 4.78 is 5.99. The van der Waals surface area contributed by atoms with Gasteiger partial charge in [-0.25, -0.2) is 0 Å². The number of amidine groups is 1. The quantitative estimate of drug-likeness (QED) is 0.678. The van der Waals surface area contributed by atoms with Crippen LogP contribution in [0.3, 0.4) is 0 Å². The smallest absolute Gasteiger partial charge is 0.162 e. The predicted octanol–water partition coefficient (Wildman–Crippen LogP) is -0.00170. The molecule has 1 saturated carbocycles. The van der Waals surface area contributed by atoms with E-state index in [1.54, 1.807) is 11.8 Å². The number of aliphatic imine (C=N–C) groups is 1. The Bertz CT molecular complexity index is 405. The molecule has 21 heavy (non-hydrogen) atoms. The molecule has 7 heteroatoms. The van der Waals surface area contributed by atoms with Gasteiger partial charge < -0.3 is 25.2 Å². The average molecular weight is 315 g/mol. The van der Waals surface area contributed by atoms with Gasteiger partial charge in [-0.1, -0.05) is 18.2 Å². The lowest BCUT2D eigenvalue weighted by atomic mass is 9.92. The van der Waals surface area contributed by atoms with Crippen LogP contribution in [0.2, 0.25) is 0 Å². The van der Waals surface area contributed by atoms with Gasteiger partial charge in [0, 0.05) is 26.2 Å². The Morgan fingerprint density at radius 1 is 1.38 bits per heavy atom. The molecule has 3 rings (SSSR count). The normalized spacial score (nSPS) is 39.6. The summed E-state index contributed by atoms with van der Waals surface area (Å²) in [5.41, 5.74) is -0.194. The first kappa shape index (κ1) is 15.6. The van der Waals surface area contributed by atoms with Gasteiger partial charge in [0.15, 0.2) is 5.17 Å². The van der Waals surface area contributed by atoms with Gasteiger partial charge in [0.2, 0.25) is 0 Å². The summed E-state index contributed by atoms with van der Waals surface area (Å²) in [7, 11) is 1.97. The maximum Gasteiger partial charge on any atom is 0.162 e. The Hall–Kier alpha value is -0.340. The van der Waals surface area contributed by atoms with Gasteiger partial charge in [-0.05, 0) is 19.8 Å². The number of nitrogens with one attached hydrogen (secondary N) is 1. The van der Waals surface area contributed by atoms with Crippen molar-refractivity contribution in [3.8, 4) is 0 Å². The van der Waals surface area contributed by atoms with Crippen LogP contribution in [0.25, 0.3) is 0 Å². The first-order valence-electron chi connectivity index (χ1n) is 7.80. The van der Waals surface area contributed by atoms with Crippen molar-refractivity contribution in [3.63, 3.8) is 0 Å². The summed E-state index contributed by atoms with van der Waals surface area (Å²) in [5, 5.41) is 24.9. The molecule has 6 nitrogen and oxygen atoms in total. The Morgan fingerprint density at radius 2 is 2.14 bits per heavy atom. The molecule has 3 N–H and O–H groups in total. The first-order chi connectivity index (χ1) is 10.1. The number of nitrogens with zero attached hydrogens (tertiary/aromatic N) is 2. The summed E-state index contributed by atoms with van der Waals surface area (Å²) in [4.78, 5) is 6.55. The van der Waals surface area contributed by atoms with Crippen molar-refractivity contribution >= 4 is 16.9 Å². The lowest BCUT2D eigenvalue weighted by molar-refractivity contribution is -0.151. The van der Waals surface area contributed by atoms with Crippen molar-refractivity contribution in [3.05, 3.63) is 0 Å². The standard InChI is InChI=1S/C14H25N3O3S/c1-3-17(2)14-16-10-12(19)11(18)9(20-13(10)21-14)7-15-8-5-4-6-8/h8-13,15,18-19H,3-7H2,1-2H3/t9-,10-,11-,12-,13-/m1/s1. The molecular weight excluding hydrogens is 290 g/mol. The second-order valence-corrected chi connectivity index (χ2v) is 7.16. The van der Waals surface area contributed by atoms with Crippen LogP contribution < -0.4 is 5.32 Å². The topological polar surface area (TPSA) is 77.3 Å². The van der Waals surface area contributed by atoms with Crippen LogP contribution >= 0.6 is 11.8 Å². The number of aliphatic hydroxyl groups is 2. The largest absolute Gasteiger partial charge is 0.388 e. The van der Waals surface area contributed by atoms with E-state index in [-0.39, 0.29) is 17.6 Å². The Kier molecular flexibility index (Phi) is 4.75. The Labute approximate surface area is 129 Å². The van der Waals surface area contributed by atoms with Gasteiger partial charge in [-0.3, -0.25) is 4.99 Å². The monoisotopic (exact) mass is 315 g/mol. The molecule has 0 bridgehead atoms. The molecule has 0 aromatic heterocycles. The molecule has 2 aliphatic heterocycles. The van der Waals surface area contributed by atoms with Crippen LogP contribution in [0.4, 0.5) is 0 Å². The lowest BCUT2D eigenvalue weighted by Crippen LogP contribution is -2.58. The third-order valence-corrected chi connectivity index (χ3v) is 5.91.